The van der Waals surface area contributed by atoms with Gasteiger partial charge in [0.25, 0.3) is 5.91 Å². The molecule has 1 heterocycles. The Morgan fingerprint density at radius 2 is 2.14 bits per heavy atom. The third kappa shape index (κ3) is 2.99. The molecule has 0 aromatic heterocycles. The van der Waals surface area contributed by atoms with Gasteiger partial charge in [0.05, 0.1) is 29.4 Å². The molecule has 5 nitrogen and oxygen atoms in total. The molecule has 22 heavy (non-hydrogen) atoms. The first-order valence-electron chi connectivity index (χ1n) is 6.56. The number of carbonyl (C=O) groups excluding carboxylic acids is 1. The molecule has 0 spiro atoms. The van der Waals surface area contributed by atoms with Crippen LogP contribution in [0.15, 0.2) is 18.2 Å². The predicted molar refractivity (Wildman–Crippen MR) is 71.8 cm³/mol. The van der Waals surface area contributed by atoms with Gasteiger partial charge in [0, 0.05) is 6.54 Å². The summed E-state index contributed by atoms with van der Waals surface area (Å²) >= 11 is 0. The van der Waals surface area contributed by atoms with Crippen LogP contribution in [-0.2, 0) is 11.0 Å². The molecule has 1 amide bonds. The monoisotopic (exact) mass is 313 g/mol. The fourth-order valence-corrected chi connectivity index (χ4v) is 2.55. The van der Waals surface area contributed by atoms with Gasteiger partial charge in [-0.3, -0.25) is 4.79 Å². The number of piperidine rings is 1. The lowest BCUT2D eigenvalue weighted by Gasteiger charge is -2.39. The van der Waals surface area contributed by atoms with E-state index >= 15 is 0 Å². The van der Waals surface area contributed by atoms with Crippen molar-refractivity contribution in [2.24, 2.45) is 5.73 Å². The second-order valence-corrected chi connectivity index (χ2v) is 5.26. The minimum Gasteiger partial charge on any atom is -0.378 e. The Hall–Kier alpha value is -2.27. The van der Waals surface area contributed by atoms with E-state index in [1.54, 1.807) is 6.07 Å². The average molecular weight is 313 g/mol. The SMILES string of the molecule is N#Cc1ccc(C(F)(F)F)c(N2CCC[C@@](O)(C(N)=O)C2)c1. The maximum absolute atomic E-state index is 13.1. The number of primary amides is 1. The van der Waals surface area contributed by atoms with Crippen LogP contribution in [0.25, 0.3) is 0 Å². The highest BCUT2D eigenvalue weighted by Crippen LogP contribution is 2.38. The van der Waals surface area contributed by atoms with Crippen molar-refractivity contribution >= 4 is 11.6 Å². The zero-order chi connectivity index (χ0) is 16.5. The van der Waals surface area contributed by atoms with Crippen molar-refractivity contribution in [3.05, 3.63) is 29.3 Å². The van der Waals surface area contributed by atoms with Crippen LogP contribution in [0.4, 0.5) is 18.9 Å². The third-order valence-electron chi connectivity index (χ3n) is 3.70. The molecule has 2 rings (SSSR count). The van der Waals surface area contributed by atoms with Crippen molar-refractivity contribution in [1.29, 1.82) is 5.26 Å². The lowest BCUT2D eigenvalue weighted by Crippen LogP contribution is -2.56. The molecule has 0 unspecified atom stereocenters. The Bertz CT molecular complexity index is 639. The molecule has 1 aliphatic rings. The van der Waals surface area contributed by atoms with E-state index < -0.39 is 23.2 Å². The second-order valence-electron chi connectivity index (χ2n) is 5.26. The van der Waals surface area contributed by atoms with E-state index in [1.807, 2.05) is 0 Å². The highest BCUT2D eigenvalue weighted by molar-refractivity contribution is 5.84. The van der Waals surface area contributed by atoms with Gasteiger partial charge in [0.1, 0.15) is 0 Å². The van der Waals surface area contributed by atoms with Gasteiger partial charge in [-0.1, -0.05) is 0 Å². The van der Waals surface area contributed by atoms with Crippen molar-refractivity contribution in [3.63, 3.8) is 0 Å². The zero-order valence-electron chi connectivity index (χ0n) is 11.5. The second kappa shape index (κ2) is 5.50. The Morgan fingerprint density at radius 1 is 1.45 bits per heavy atom. The number of β-amino-alcohol motifs (C(OH)–C–C–N with tert-alkyl or cyclic N) is 1. The van der Waals surface area contributed by atoms with Crippen LogP contribution in [0.3, 0.4) is 0 Å². The highest BCUT2D eigenvalue weighted by Gasteiger charge is 2.41. The van der Waals surface area contributed by atoms with Crippen LogP contribution in [-0.4, -0.2) is 29.7 Å². The lowest BCUT2D eigenvalue weighted by molar-refractivity contribution is -0.137. The maximum Gasteiger partial charge on any atom is 0.418 e. The van der Waals surface area contributed by atoms with Crippen LogP contribution in [0.1, 0.15) is 24.0 Å². The predicted octanol–water partition coefficient (Wildman–Crippen LogP) is 1.39. The number of hydrogen-bond donors (Lipinski definition) is 2. The Labute approximate surface area is 124 Å². The van der Waals surface area contributed by atoms with Gasteiger partial charge in [-0.05, 0) is 31.0 Å². The number of benzene rings is 1. The molecule has 0 saturated carbocycles. The first-order valence-corrected chi connectivity index (χ1v) is 6.56. The van der Waals surface area contributed by atoms with Crippen molar-refractivity contribution in [3.8, 4) is 6.07 Å². The fraction of sp³-hybridized carbons (Fsp3) is 0.429. The number of anilines is 1. The van der Waals surface area contributed by atoms with Crippen molar-refractivity contribution in [1.82, 2.24) is 0 Å². The van der Waals surface area contributed by atoms with Crippen LogP contribution in [0.5, 0.6) is 0 Å². The van der Waals surface area contributed by atoms with E-state index in [0.29, 0.717) is 6.42 Å². The van der Waals surface area contributed by atoms with Crippen LogP contribution < -0.4 is 10.6 Å². The first kappa shape index (κ1) is 16.1. The number of nitriles is 1. The van der Waals surface area contributed by atoms with E-state index in [9.17, 15) is 23.1 Å². The molecule has 1 atom stereocenters. The summed E-state index contributed by atoms with van der Waals surface area (Å²) in [6.07, 6.45) is -4.20. The molecule has 1 aromatic carbocycles. The van der Waals surface area contributed by atoms with E-state index in [4.69, 9.17) is 11.0 Å². The Balaban J connectivity index is 2.47. The summed E-state index contributed by atoms with van der Waals surface area (Å²) in [5.74, 6) is -0.970. The molecule has 1 fully saturated rings. The molecular weight excluding hydrogens is 299 g/mol. The van der Waals surface area contributed by atoms with Gasteiger partial charge in [-0.2, -0.15) is 18.4 Å². The van der Waals surface area contributed by atoms with Crippen molar-refractivity contribution < 1.29 is 23.1 Å². The standard InChI is InChI=1S/C14H14F3N3O2/c15-14(16,17)10-3-2-9(7-18)6-11(10)20-5-1-4-13(22,8-20)12(19)21/h2-3,6,22H,1,4-5,8H2,(H2,19,21)/t13-/m0/s1. The molecule has 1 saturated heterocycles. The summed E-state index contributed by atoms with van der Waals surface area (Å²) in [5, 5.41) is 19.0. The first-order chi connectivity index (χ1) is 10.2. The third-order valence-corrected chi connectivity index (χ3v) is 3.70. The lowest BCUT2D eigenvalue weighted by atomic mass is 9.91. The summed E-state index contributed by atoms with van der Waals surface area (Å²) < 4.78 is 39.4. The smallest absolute Gasteiger partial charge is 0.378 e. The van der Waals surface area contributed by atoms with Crippen molar-refractivity contribution in [2.45, 2.75) is 24.6 Å². The number of alkyl halides is 3. The number of aliphatic hydroxyl groups is 1. The van der Waals surface area contributed by atoms with Crippen LogP contribution >= 0.6 is 0 Å². The molecule has 1 aliphatic heterocycles. The maximum atomic E-state index is 13.1. The number of amides is 1. The quantitative estimate of drug-likeness (QED) is 0.863. The largest absolute Gasteiger partial charge is 0.418 e. The van der Waals surface area contributed by atoms with E-state index in [1.165, 1.54) is 4.90 Å². The van der Waals surface area contributed by atoms with Gasteiger partial charge in [-0.15, -0.1) is 0 Å². The molecule has 1 aromatic rings. The average Bonchev–Trinajstić information content (AvgIpc) is 2.45. The Morgan fingerprint density at radius 3 is 2.68 bits per heavy atom. The van der Waals surface area contributed by atoms with Gasteiger partial charge in [0.15, 0.2) is 5.60 Å². The van der Waals surface area contributed by atoms with E-state index in [2.05, 4.69) is 0 Å². The fourth-order valence-electron chi connectivity index (χ4n) is 2.55. The summed E-state index contributed by atoms with van der Waals surface area (Å²) in [6.45, 7) is -0.103. The van der Waals surface area contributed by atoms with Crippen molar-refractivity contribution in [2.75, 3.05) is 18.0 Å². The summed E-state index contributed by atoms with van der Waals surface area (Å²) in [7, 11) is 0. The minimum atomic E-state index is -4.61. The number of nitrogens with zero attached hydrogens (tertiary/aromatic N) is 2. The van der Waals surface area contributed by atoms with Gasteiger partial charge < -0.3 is 15.7 Å². The summed E-state index contributed by atoms with van der Waals surface area (Å²) in [6, 6.07) is 4.79. The molecule has 3 N–H and O–H groups in total. The molecule has 0 aliphatic carbocycles. The molecule has 0 radical (unpaired) electrons. The summed E-state index contributed by atoms with van der Waals surface area (Å²) in [4.78, 5) is 12.6. The van der Waals surface area contributed by atoms with E-state index in [0.717, 1.165) is 18.2 Å². The number of halogens is 3. The number of rotatable bonds is 2. The Kier molecular flexibility index (Phi) is 4.02. The molecule has 118 valence electrons. The topological polar surface area (TPSA) is 90.3 Å². The molecule has 0 bridgehead atoms. The number of hydrogen-bond acceptors (Lipinski definition) is 4. The molecular formula is C14H14F3N3O2. The normalized spacial score (nSPS) is 22.2. The van der Waals surface area contributed by atoms with Gasteiger partial charge in [-0.25, -0.2) is 0 Å². The number of nitrogens with two attached hydrogens (primary N) is 1. The minimum absolute atomic E-state index is 0.0659. The van der Waals surface area contributed by atoms with Gasteiger partial charge in [0.2, 0.25) is 0 Å². The highest BCUT2D eigenvalue weighted by atomic mass is 19.4. The zero-order valence-corrected chi connectivity index (χ0v) is 11.5. The molecule has 8 heteroatoms. The van der Waals surface area contributed by atoms with E-state index in [-0.39, 0.29) is 30.8 Å². The van der Waals surface area contributed by atoms with Crippen LogP contribution in [0.2, 0.25) is 0 Å². The van der Waals surface area contributed by atoms with Gasteiger partial charge >= 0.3 is 6.18 Å². The summed E-state index contributed by atoms with van der Waals surface area (Å²) in [5.41, 5.74) is 2.18. The van der Waals surface area contributed by atoms with Crippen LogP contribution in [0, 0.1) is 11.3 Å². The number of carbonyl (C=O) groups is 1.